The number of piperazine rings is 1. The number of rotatable bonds is 1. The van der Waals surface area contributed by atoms with Gasteiger partial charge in [-0.05, 0) is 33.6 Å². The van der Waals surface area contributed by atoms with Gasteiger partial charge in [0.05, 0.1) is 6.54 Å². The van der Waals surface area contributed by atoms with Crippen LogP contribution in [0.3, 0.4) is 0 Å². The van der Waals surface area contributed by atoms with Crippen LogP contribution in [-0.4, -0.2) is 46.8 Å². The fourth-order valence-corrected chi connectivity index (χ4v) is 2.16. The topological polar surface area (TPSA) is 40.6 Å². The van der Waals surface area contributed by atoms with E-state index in [0.29, 0.717) is 13.1 Å². The normalized spacial score (nSPS) is 22.6. The summed E-state index contributed by atoms with van der Waals surface area (Å²) in [5.41, 5.74) is -0.133. The quantitative estimate of drug-likeness (QED) is 0.663. The number of hydrogen-bond donors (Lipinski definition) is 0. The zero-order valence-electron chi connectivity index (χ0n) is 10.3. The fourth-order valence-electron chi connectivity index (χ4n) is 2.16. The van der Waals surface area contributed by atoms with E-state index in [0.717, 1.165) is 12.8 Å². The molecule has 1 saturated heterocycles. The summed E-state index contributed by atoms with van der Waals surface area (Å²) in [6.45, 7) is 7.72. The van der Waals surface area contributed by atoms with Crippen molar-refractivity contribution < 1.29 is 9.59 Å². The molecule has 0 aromatic carbocycles. The SMILES string of the molecule is CC(C)(C)N1CCN(C(=O)C2CC2)CC1=O. The minimum absolute atomic E-state index is 0.0766. The second-order valence-corrected chi connectivity index (χ2v) is 5.75. The molecule has 1 aliphatic heterocycles. The average Bonchev–Trinajstić information content (AvgIpc) is 2.97. The third kappa shape index (κ3) is 2.20. The summed E-state index contributed by atoms with van der Waals surface area (Å²) in [5.74, 6) is 0.476. The summed E-state index contributed by atoms with van der Waals surface area (Å²) in [5, 5.41) is 0. The van der Waals surface area contributed by atoms with Crippen molar-refractivity contribution >= 4 is 11.8 Å². The van der Waals surface area contributed by atoms with Gasteiger partial charge < -0.3 is 9.80 Å². The van der Waals surface area contributed by atoms with Gasteiger partial charge in [-0.2, -0.15) is 0 Å². The molecule has 4 heteroatoms. The first-order valence-corrected chi connectivity index (χ1v) is 5.99. The number of amides is 2. The van der Waals surface area contributed by atoms with E-state index in [9.17, 15) is 9.59 Å². The molecular weight excluding hydrogens is 204 g/mol. The Hall–Kier alpha value is -1.06. The molecule has 2 rings (SSSR count). The Balaban J connectivity index is 1.97. The zero-order chi connectivity index (χ0) is 11.9. The van der Waals surface area contributed by atoms with Crippen LogP contribution < -0.4 is 0 Å². The lowest BCUT2D eigenvalue weighted by Gasteiger charge is -2.42. The van der Waals surface area contributed by atoms with Crippen LogP contribution in [0.15, 0.2) is 0 Å². The van der Waals surface area contributed by atoms with E-state index in [1.54, 1.807) is 4.90 Å². The van der Waals surface area contributed by atoms with Crippen molar-refractivity contribution in [3.05, 3.63) is 0 Å². The predicted molar refractivity (Wildman–Crippen MR) is 60.8 cm³/mol. The van der Waals surface area contributed by atoms with Crippen molar-refractivity contribution in [3.8, 4) is 0 Å². The van der Waals surface area contributed by atoms with Crippen LogP contribution in [0, 0.1) is 5.92 Å². The second-order valence-electron chi connectivity index (χ2n) is 5.75. The summed E-state index contributed by atoms with van der Waals surface area (Å²) in [6.07, 6.45) is 2.01. The molecule has 2 aliphatic rings. The minimum atomic E-state index is -0.133. The van der Waals surface area contributed by atoms with Crippen LogP contribution in [0.4, 0.5) is 0 Å². The molecule has 0 unspecified atom stereocenters. The highest BCUT2D eigenvalue weighted by atomic mass is 16.2. The van der Waals surface area contributed by atoms with Crippen LogP contribution in [0.5, 0.6) is 0 Å². The van der Waals surface area contributed by atoms with E-state index in [1.807, 2.05) is 25.7 Å². The average molecular weight is 224 g/mol. The maximum Gasteiger partial charge on any atom is 0.242 e. The molecule has 0 spiro atoms. The Bertz CT molecular complexity index is 315. The lowest BCUT2D eigenvalue weighted by atomic mass is 10.0. The molecule has 90 valence electrons. The fraction of sp³-hybridized carbons (Fsp3) is 0.833. The number of carbonyl (C=O) groups is 2. The number of nitrogens with zero attached hydrogens (tertiary/aromatic N) is 2. The summed E-state index contributed by atoms with van der Waals surface area (Å²) < 4.78 is 0. The first-order valence-electron chi connectivity index (χ1n) is 5.99. The summed E-state index contributed by atoms with van der Waals surface area (Å²) in [7, 11) is 0. The predicted octanol–water partition coefficient (Wildman–Crippen LogP) is 0.866. The molecule has 1 saturated carbocycles. The van der Waals surface area contributed by atoms with Gasteiger partial charge in [0, 0.05) is 24.5 Å². The molecule has 0 N–H and O–H groups in total. The first kappa shape index (κ1) is 11.4. The van der Waals surface area contributed by atoms with E-state index in [1.165, 1.54) is 0 Å². The third-order valence-corrected chi connectivity index (χ3v) is 3.27. The third-order valence-electron chi connectivity index (χ3n) is 3.27. The summed E-state index contributed by atoms with van der Waals surface area (Å²) in [6, 6.07) is 0. The van der Waals surface area contributed by atoms with Gasteiger partial charge in [-0.1, -0.05) is 0 Å². The summed E-state index contributed by atoms with van der Waals surface area (Å²) >= 11 is 0. The molecule has 2 fully saturated rings. The molecule has 4 nitrogen and oxygen atoms in total. The van der Waals surface area contributed by atoms with Crippen LogP contribution in [0.25, 0.3) is 0 Å². The molecule has 1 aliphatic carbocycles. The second kappa shape index (κ2) is 3.75. The molecule has 1 heterocycles. The first-order chi connectivity index (χ1) is 7.39. The Morgan fingerprint density at radius 3 is 2.31 bits per heavy atom. The maximum atomic E-state index is 11.9. The number of carbonyl (C=O) groups excluding carboxylic acids is 2. The highest BCUT2D eigenvalue weighted by Crippen LogP contribution is 2.31. The van der Waals surface area contributed by atoms with Crippen molar-refractivity contribution in [2.24, 2.45) is 5.92 Å². The minimum Gasteiger partial charge on any atom is -0.335 e. The Morgan fingerprint density at radius 2 is 1.88 bits per heavy atom. The zero-order valence-corrected chi connectivity index (χ0v) is 10.3. The highest BCUT2D eigenvalue weighted by Gasteiger charge is 2.38. The Morgan fingerprint density at radius 1 is 1.25 bits per heavy atom. The van der Waals surface area contributed by atoms with Gasteiger partial charge in [0.25, 0.3) is 0 Å². The van der Waals surface area contributed by atoms with E-state index in [4.69, 9.17) is 0 Å². The van der Waals surface area contributed by atoms with Gasteiger partial charge in [-0.25, -0.2) is 0 Å². The molecule has 16 heavy (non-hydrogen) atoms. The molecule has 0 aromatic rings. The van der Waals surface area contributed by atoms with E-state index >= 15 is 0 Å². The Labute approximate surface area is 96.6 Å². The monoisotopic (exact) mass is 224 g/mol. The van der Waals surface area contributed by atoms with Gasteiger partial charge >= 0.3 is 0 Å². The van der Waals surface area contributed by atoms with Crippen molar-refractivity contribution in [2.45, 2.75) is 39.2 Å². The smallest absolute Gasteiger partial charge is 0.242 e. The highest BCUT2D eigenvalue weighted by molar-refractivity contribution is 5.88. The van der Waals surface area contributed by atoms with E-state index in [-0.39, 0.29) is 29.8 Å². The van der Waals surface area contributed by atoms with Crippen LogP contribution in [0.2, 0.25) is 0 Å². The molecule has 0 aromatic heterocycles. The maximum absolute atomic E-state index is 11.9. The standard InChI is InChI=1S/C12H20N2O2/c1-12(2,3)14-7-6-13(8-10(14)15)11(16)9-4-5-9/h9H,4-8H2,1-3H3. The van der Waals surface area contributed by atoms with Crippen LogP contribution in [0.1, 0.15) is 33.6 Å². The summed E-state index contributed by atoms with van der Waals surface area (Å²) in [4.78, 5) is 27.3. The van der Waals surface area contributed by atoms with Crippen molar-refractivity contribution in [3.63, 3.8) is 0 Å². The molecule has 0 radical (unpaired) electrons. The number of hydrogen-bond acceptors (Lipinski definition) is 2. The van der Waals surface area contributed by atoms with Gasteiger partial charge in [0.2, 0.25) is 11.8 Å². The van der Waals surface area contributed by atoms with Crippen LogP contribution >= 0.6 is 0 Å². The Kier molecular flexibility index (Phi) is 2.68. The van der Waals surface area contributed by atoms with Crippen LogP contribution in [-0.2, 0) is 9.59 Å². The molecule has 0 bridgehead atoms. The van der Waals surface area contributed by atoms with Gasteiger partial charge in [0.1, 0.15) is 0 Å². The lowest BCUT2D eigenvalue weighted by Crippen LogP contribution is -2.58. The van der Waals surface area contributed by atoms with E-state index in [2.05, 4.69) is 0 Å². The van der Waals surface area contributed by atoms with Crippen molar-refractivity contribution in [2.75, 3.05) is 19.6 Å². The van der Waals surface area contributed by atoms with E-state index < -0.39 is 0 Å². The van der Waals surface area contributed by atoms with Gasteiger partial charge in [0.15, 0.2) is 0 Å². The molecule has 0 atom stereocenters. The molecule has 2 amide bonds. The van der Waals surface area contributed by atoms with Crippen molar-refractivity contribution in [1.29, 1.82) is 0 Å². The van der Waals surface area contributed by atoms with Crippen molar-refractivity contribution in [1.82, 2.24) is 9.80 Å². The molecular formula is C12H20N2O2. The van der Waals surface area contributed by atoms with Gasteiger partial charge in [-0.3, -0.25) is 9.59 Å². The lowest BCUT2D eigenvalue weighted by molar-refractivity contribution is -0.149. The van der Waals surface area contributed by atoms with Gasteiger partial charge in [-0.15, -0.1) is 0 Å². The largest absolute Gasteiger partial charge is 0.335 e.